The van der Waals surface area contributed by atoms with Gasteiger partial charge in [-0.25, -0.2) is 0 Å². The summed E-state index contributed by atoms with van der Waals surface area (Å²) in [6.07, 6.45) is -28.6. The highest BCUT2D eigenvalue weighted by Gasteiger charge is 2.50. The fourth-order valence-corrected chi connectivity index (χ4v) is 7.57. The Labute approximate surface area is 371 Å². The van der Waals surface area contributed by atoms with E-state index in [1.54, 1.807) is 0 Å². The van der Waals surface area contributed by atoms with Crippen LogP contribution in [-0.2, 0) is 52.2 Å². The molecule has 0 aliphatic carbocycles. The Balaban J connectivity index is 1.12. The van der Waals surface area contributed by atoms with Crippen molar-refractivity contribution < 1.29 is 108 Å². The van der Waals surface area contributed by atoms with Crippen LogP contribution in [0.5, 0.6) is 0 Å². The molecule has 0 saturated carbocycles. The Hall–Kier alpha value is -2.10. The summed E-state index contributed by atoms with van der Waals surface area (Å²) in [5.74, 6) is 4.41. The molecule has 1 amide bonds. The van der Waals surface area contributed by atoms with E-state index in [0.717, 1.165) is 6.21 Å². The third-order valence-corrected chi connectivity index (χ3v) is 11.7. The highest BCUT2D eigenvalue weighted by molar-refractivity contribution is 6.26. The monoisotopic (exact) mass is 950 g/mol. The van der Waals surface area contributed by atoms with Crippen LogP contribution < -0.4 is 39.8 Å². The van der Waals surface area contributed by atoms with Crippen molar-refractivity contribution in [1.82, 2.24) is 5.32 Å². The van der Waals surface area contributed by atoms with Gasteiger partial charge in [0.05, 0.1) is 69.9 Å². The smallest absolute Gasteiger partial charge is 0.264 e. The van der Waals surface area contributed by atoms with Gasteiger partial charge in [0.1, 0.15) is 97.8 Å². The second-order valence-electron chi connectivity index (χ2n) is 16.3. The average Bonchev–Trinajstić information content (AvgIpc) is 3.29. The van der Waals surface area contributed by atoms with Gasteiger partial charge < -0.3 is 143 Å². The van der Waals surface area contributed by atoms with Crippen molar-refractivity contribution in [3.63, 3.8) is 0 Å². The standard InChI is InChI=1S/C35H66N8O22/c36-16-27(52)22(47)11(62-31(16)56-3-1-2-42-15(45)4-43-41)6-58-33-18(38)29(54)24(49)13(64-33)8-60-35-20(40)30(55)25(50)14(65-35)9-59-34-19(39)28(53)23(48)12(63-34)7-57-32-17(37)26(51)21(46)10(5-44)61-32/h4,10-14,16-35,44,46-55H,1-3,5-9,36-41H2,(H,42,45)/b43-4+/t10?,11?,12?,13?,14?,16?,17?,18?,19?,20?,21-,22-,23-,24-,25-,26+,27+,28+,29+,30+,31+,32+,33+,34+,35+/m0/s1. The van der Waals surface area contributed by atoms with Crippen molar-refractivity contribution in [3.8, 4) is 0 Å². The fraction of sp³-hybridized carbons (Fsp3) is 0.943. The first-order valence-corrected chi connectivity index (χ1v) is 20.9. The maximum atomic E-state index is 11.5. The van der Waals surface area contributed by atoms with Gasteiger partial charge in [-0.05, 0) is 6.42 Å². The molecule has 30 nitrogen and oxygen atoms in total. The van der Waals surface area contributed by atoms with Crippen LogP contribution in [0.25, 0.3) is 0 Å². The zero-order chi connectivity index (χ0) is 47.9. The van der Waals surface area contributed by atoms with Crippen molar-refractivity contribution in [1.29, 1.82) is 0 Å². The number of aliphatic hydroxyl groups is 11. The summed E-state index contributed by atoms with van der Waals surface area (Å²) in [5, 5.41) is 121. The van der Waals surface area contributed by atoms with Gasteiger partial charge in [0, 0.05) is 6.54 Å². The second-order valence-corrected chi connectivity index (χ2v) is 16.3. The highest BCUT2D eigenvalue weighted by atomic mass is 16.8. The molecule has 378 valence electrons. The van der Waals surface area contributed by atoms with E-state index in [2.05, 4.69) is 10.4 Å². The molecule has 10 unspecified atom stereocenters. The van der Waals surface area contributed by atoms with Crippen molar-refractivity contribution in [3.05, 3.63) is 0 Å². The van der Waals surface area contributed by atoms with Crippen LogP contribution in [0.15, 0.2) is 5.10 Å². The van der Waals surface area contributed by atoms with E-state index in [1.165, 1.54) is 0 Å². The van der Waals surface area contributed by atoms with Gasteiger partial charge in [0.2, 0.25) is 0 Å². The lowest BCUT2D eigenvalue weighted by Gasteiger charge is -2.45. The van der Waals surface area contributed by atoms with Crippen LogP contribution in [0.4, 0.5) is 0 Å². The summed E-state index contributed by atoms with van der Waals surface area (Å²) in [5.41, 5.74) is 30.2. The molecule has 5 rings (SSSR count). The number of hydrogen-bond donors (Lipinski definition) is 18. The lowest BCUT2D eigenvalue weighted by molar-refractivity contribution is -0.321. The number of carbonyl (C=O) groups is 1. The Kier molecular flexibility index (Phi) is 20.3. The van der Waals surface area contributed by atoms with Crippen LogP contribution in [0.3, 0.4) is 0 Å². The number of aliphatic hydroxyl groups excluding tert-OH is 11. The molecule has 24 N–H and O–H groups in total. The average molecular weight is 951 g/mol. The summed E-state index contributed by atoms with van der Waals surface area (Å²) in [6, 6.07) is -6.58. The summed E-state index contributed by atoms with van der Waals surface area (Å²) in [7, 11) is 0. The Bertz CT molecular complexity index is 1490. The number of rotatable bonds is 19. The largest absolute Gasteiger partial charge is 0.394 e. The molecule has 0 bridgehead atoms. The van der Waals surface area contributed by atoms with E-state index in [1.807, 2.05) is 0 Å². The first-order chi connectivity index (χ1) is 30.8. The Morgan fingerprint density at radius 1 is 0.477 bits per heavy atom. The lowest BCUT2D eigenvalue weighted by Crippen LogP contribution is -2.66. The zero-order valence-electron chi connectivity index (χ0n) is 35.0. The maximum Gasteiger partial charge on any atom is 0.264 e. The molecule has 5 fully saturated rings. The van der Waals surface area contributed by atoms with E-state index in [9.17, 15) is 61.0 Å². The summed E-state index contributed by atoms with van der Waals surface area (Å²) in [4.78, 5) is 11.5. The molecule has 0 aromatic heterocycles. The molecular formula is C35H66N8O22. The summed E-state index contributed by atoms with van der Waals surface area (Å²) < 4.78 is 56.9. The SMILES string of the molecule is N/N=C/C(=O)NCCCO[C@@H]1OC(CO[C@@H]2OC(CO[C@@H]3OC(CO[C@@H]4OC(CO[C@@H]5OC(CO)[C@H](O)[C@H](O)C5N)[C@H](O)[C@H](O)C4N)[C@H](O)[C@H](O)C3N)[C@H](O)[C@H](O)C2N)[C@H](O)[C@H](O)C1N. The summed E-state index contributed by atoms with van der Waals surface area (Å²) >= 11 is 0. The Morgan fingerprint density at radius 2 is 0.754 bits per heavy atom. The van der Waals surface area contributed by atoms with Gasteiger partial charge >= 0.3 is 0 Å². The molecule has 65 heavy (non-hydrogen) atoms. The molecule has 5 aliphatic heterocycles. The minimum Gasteiger partial charge on any atom is -0.394 e. The van der Waals surface area contributed by atoms with E-state index in [-0.39, 0.29) is 13.2 Å². The second kappa shape index (κ2) is 24.4. The van der Waals surface area contributed by atoms with Crippen molar-refractivity contribution >= 4 is 12.1 Å². The van der Waals surface area contributed by atoms with Gasteiger partial charge in [-0.1, -0.05) is 0 Å². The molecule has 0 aromatic carbocycles. The van der Waals surface area contributed by atoms with Gasteiger partial charge in [0.25, 0.3) is 5.91 Å². The van der Waals surface area contributed by atoms with Crippen molar-refractivity contribution in [2.45, 2.75) is 160 Å². The number of carbonyl (C=O) groups excluding carboxylic acids is 1. The molecule has 0 radical (unpaired) electrons. The molecular weight excluding hydrogens is 884 g/mol. The van der Waals surface area contributed by atoms with Crippen LogP contribution in [0.2, 0.25) is 0 Å². The predicted molar refractivity (Wildman–Crippen MR) is 210 cm³/mol. The third-order valence-electron chi connectivity index (χ3n) is 11.7. The van der Waals surface area contributed by atoms with Crippen LogP contribution in [0, 0.1) is 0 Å². The topological polar surface area (TPSA) is 512 Å². The number of nitrogens with one attached hydrogen (secondary N) is 1. The van der Waals surface area contributed by atoms with Crippen LogP contribution in [0.1, 0.15) is 6.42 Å². The van der Waals surface area contributed by atoms with Crippen molar-refractivity contribution in [2.75, 3.05) is 46.2 Å². The number of amides is 1. The quantitative estimate of drug-likeness (QED) is 0.0247. The molecule has 0 spiro atoms. The highest BCUT2D eigenvalue weighted by Crippen LogP contribution is 2.29. The predicted octanol–water partition coefficient (Wildman–Crippen LogP) is -12.6. The maximum absolute atomic E-state index is 11.5. The van der Waals surface area contributed by atoms with Crippen molar-refractivity contribution in [2.24, 2.45) is 39.6 Å². The van der Waals surface area contributed by atoms with Crippen LogP contribution >= 0.6 is 0 Å². The van der Waals surface area contributed by atoms with E-state index in [0.29, 0.717) is 6.42 Å². The number of hydrogen-bond acceptors (Lipinski definition) is 29. The van der Waals surface area contributed by atoms with E-state index < -0.39 is 192 Å². The normalized spacial score (nSPS) is 47.5. The lowest BCUT2D eigenvalue weighted by atomic mass is 9.96. The van der Waals surface area contributed by atoms with Gasteiger partial charge in [-0.15, -0.1) is 0 Å². The first kappa shape index (κ1) is 53.8. The molecule has 30 heteroatoms. The molecule has 25 atom stereocenters. The molecule has 0 aromatic rings. The van der Waals surface area contributed by atoms with Gasteiger partial charge in [-0.2, -0.15) is 5.10 Å². The zero-order valence-corrected chi connectivity index (χ0v) is 35.0. The summed E-state index contributed by atoms with van der Waals surface area (Å²) in [6.45, 7) is -2.62. The van der Waals surface area contributed by atoms with E-state index in [4.69, 9.17) is 81.9 Å². The number of hydrazone groups is 1. The molecule has 5 heterocycles. The number of nitrogens with zero attached hydrogens (tertiary/aromatic N) is 1. The minimum atomic E-state index is -1.68. The molecule has 5 saturated heterocycles. The fourth-order valence-electron chi connectivity index (χ4n) is 7.57. The minimum absolute atomic E-state index is 0.0203. The first-order valence-electron chi connectivity index (χ1n) is 20.9. The molecule has 5 aliphatic rings. The van der Waals surface area contributed by atoms with Gasteiger partial charge in [0.15, 0.2) is 31.5 Å². The van der Waals surface area contributed by atoms with E-state index >= 15 is 0 Å². The van der Waals surface area contributed by atoms with Crippen LogP contribution in [-0.4, -0.2) is 268 Å². The third kappa shape index (κ3) is 13.0. The number of nitrogens with two attached hydrogens (primary N) is 6. The van der Waals surface area contributed by atoms with Gasteiger partial charge in [-0.3, -0.25) is 4.79 Å². The number of ether oxygens (including phenoxy) is 10. The Morgan fingerprint density at radius 3 is 1.05 bits per heavy atom.